The average Bonchev–Trinajstić information content (AvgIpc) is 2.63. The maximum absolute atomic E-state index is 6.02. The van der Waals surface area contributed by atoms with Crippen LogP contribution >= 0.6 is 23.2 Å². The molecule has 0 unspecified atom stereocenters. The number of nitrogens with zero attached hydrogens (tertiary/aromatic N) is 2. The zero-order valence-corrected chi connectivity index (χ0v) is 16.7. The minimum Gasteiger partial charge on any atom is -0.383 e. The lowest BCUT2D eigenvalue weighted by atomic mass is 10.0. The average molecular weight is 402 g/mol. The SMILES string of the molecule is Cc1cccc(-c2cc(NCCNc3ccc(Cl)c(Cl)c3)nc(N)n2)c1C. The summed E-state index contributed by atoms with van der Waals surface area (Å²) in [6, 6.07) is 13.5. The smallest absolute Gasteiger partial charge is 0.222 e. The van der Waals surface area contributed by atoms with Crippen molar-refractivity contribution in [3.63, 3.8) is 0 Å². The van der Waals surface area contributed by atoms with Crippen LogP contribution in [0.2, 0.25) is 10.0 Å². The Morgan fingerprint density at radius 2 is 1.70 bits per heavy atom. The highest BCUT2D eigenvalue weighted by atomic mass is 35.5. The van der Waals surface area contributed by atoms with Crippen molar-refractivity contribution < 1.29 is 0 Å². The first kappa shape index (κ1) is 19.3. The molecule has 0 fully saturated rings. The topological polar surface area (TPSA) is 75.9 Å². The maximum Gasteiger partial charge on any atom is 0.222 e. The fraction of sp³-hybridized carbons (Fsp3) is 0.200. The van der Waals surface area contributed by atoms with Gasteiger partial charge in [-0.1, -0.05) is 41.4 Å². The van der Waals surface area contributed by atoms with Crippen LogP contribution in [0.4, 0.5) is 17.5 Å². The van der Waals surface area contributed by atoms with Gasteiger partial charge in [-0.05, 0) is 43.2 Å². The van der Waals surface area contributed by atoms with Gasteiger partial charge in [0.2, 0.25) is 5.95 Å². The number of nitrogens with two attached hydrogens (primary N) is 1. The molecule has 0 radical (unpaired) electrons. The lowest BCUT2D eigenvalue weighted by Gasteiger charge is -2.12. The van der Waals surface area contributed by atoms with E-state index >= 15 is 0 Å². The zero-order valence-electron chi connectivity index (χ0n) is 15.2. The van der Waals surface area contributed by atoms with E-state index in [-0.39, 0.29) is 5.95 Å². The third kappa shape index (κ3) is 4.81. The second-order valence-corrected chi connectivity index (χ2v) is 7.04. The highest BCUT2D eigenvalue weighted by molar-refractivity contribution is 6.42. The summed E-state index contributed by atoms with van der Waals surface area (Å²) < 4.78 is 0. The van der Waals surface area contributed by atoms with Crippen molar-refractivity contribution >= 4 is 40.7 Å². The summed E-state index contributed by atoms with van der Waals surface area (Å²) in [7, 11) is 0. The van der Waals surface area contributed by atoms with Crippen molar-refractivity contribution in [3.05, 3.63) is 63.6 Å². The van der Waals surface area contributed by atoms with E-state index < -0.39 is 0 Å². The van der Waals surface area contributed by atoms with E-state index in [0.29, 0.717) is 29.0 Å². The lowest BCUT2D eigenvalue weighted by Crippen LogP contribution is -2.15. The van der Waals surface area contributed by atoms with Gasteiger partial charge in [-0.3, -0.25) is 0 Å². The summed E-state index contributed by atoms with van der Waals surface area (Å²) in [4.78, 5) is 8.65. The van der Waals surface area contributed by atoms with Gasteiger partial charge >= 0.3 is 0 Å². The molecular weight excluding hydrogens is 381 g/mol. The molecule has 0 amide bonds. The number of rotatable bonds is 6. The molecule has 0 bridgehead atoms. The molecule has 1 heterocycles. The Labute approximate surface area is 168 Å². The molecule has 140 valence electrons. The third-order valence-corrected chi connectivity index (χ3v) is 5.04. The summed E-state index contributed by atoms with van der Waals surface area (Å²) >= 11 is 11.9. The highest BCUT2D eigenvalue weighted by Gasteiger charge is 2.08. The molecule has 0 aliphatic heterocycles. The third-order valence-electron chi connectivity index (χ3n) is 4.30. The van der Waals surface area contributed by atoms with Crippen LogP contribution in [0.1, 0.15) is 11.1 Å². The predicted octanol–water partition coefficient (Wildman–Crippen LogP) is 5.17. The first-order valence-corrected chi connectivity index (χ1v) is 9.33. The largest absolute Gasteiger partial charge is 0.383 e. The van der Waals surface area contributed by atoms with E-state index in [1.807, 2.05) is 24.3 Å². The molecule has 2 aromatic carbocycles. The quantitative estimate of drug-likeness (QED) is 0.496. The van der Waals surface area contributed by atoms with Crippen LogP contribution in [0.3, 0.4) is 0 Å². The van der Waals surface area contributed by atoms with Gasteiger partial charge in [0.1, 0.15) is 5.82 Å². The summed E-state index contributed by atoms with van der Waals surface area (Å²) in [6.45, 7) is 5.50. The number of aryl methyl sites for hydroxylation is 1. The molecule has 0 saturated carbocycles. The number of nitrogen functional groups attached to an aromatic ring is 1. The molecule has 0 aliphatic rings. The summed E-state index contributed by atoms with van der Waals surface area (Å²) in [5.74, 6) is 0.933. The van der Waals surface area contributed by atoms with Crippen LogP contribution < -0.4 is 16.4 Å². The molecule has 0 saturated heterocycles. The monoisotopic (exact) mass is 401 g/mol. The number of hydrogen-bond donors (Lipinski definition) is 3. The van der Waals surface area contributed by atoms with Crippen LogP contribution in [0, 0.1) is 13.8 Å². The van der Waals surface area contributed by atoms with Gasteiger partial charge in [0, 0.05) is 30.4 Å². The Bertz CT molecular complexity index is 959. The number of anilines is 3. The fourth-order valence-corrected chi connectivity index (χ4v) is 3.02. The summed E-state index contributed by atoms with van der Waals surface area (Å²) in [5, 5.41) is 7.62. The first-order valence-electron chi connectivity index (χ1n) is 8.58. The molecule has 4 N–H and O–H groups in total. The Kier molecular flexibility index (Phi) is 6.04. The number of halogens is 2. The highest BCUT2D eigenvalue weighted by Crippen LogP contribution is 2.26. The summed E-state index contributed by atoms with van der Waals surface area (Å²) in [5.41, 5.74) is 11.1. The Hall–Kier alpha value is -2.50. The molecular formula is C20H21Cl2N5. The second-order valence-electron chi connectivity index (χ2n) is 6.23. The van der Waals surface area contributed by atoms with Gasteiger partial charge in [0.25, 0.3) is 0 Å². The number of aromatic nitrogens is 2. The van der Waals surface area contributed by atoms with Crippen LogP contribution in [0.5, 0.6) is 0 Å². The van der Waals surface area contributed by atoms with Crippen molar-refractivity contribution in [2.75, 3.05) is 29.5 Å². The van der Waals surface area contributed by atoms with Crippen molar-refractivity contribution in [1.82, 2.24) is 9.97 Å². The van der Waals surface area contributed by atoms with E-state index in [9.17, 15) is 0 Å². The van der Waals surface area contributed by atoms with Crippen LogP contribution in [0.15, 0.2) is 42.5 Å². The lowest BCUT2D eigenvalue weighted by molar-refractivity contribution is 1.05. The predicted molar refractivity (Wildman–Crippen MR) is 115 cm³/mol. The molecule has 27 heavy (non-hydrogen) atoms. The van der Waals surface area contributed by atoms with E-state index in [1.54, 1.807) is 12.1 Å². The van der Waals surface area contributed by atoms with E-state index in [0.717, 1.165) is 16.9 Å². The van der Waals surface area contributed by atoms with Gasteiger partial charge in [-0.25, -0.2) is 4.98 Å². The van der Waals surface area contributed by atoms with Gasteiger partial charge in [0.05, 0.1) is 15.7 Å². The van der Waals surface area contributed by atoms with Gasteiger partial charge < -0.3 is 16.4 Å². The van der Waals surface area contributed by atoms with Crippen LogP contribution in [-0.4, -0.2) is 23.1 Å². The molecule has 0 atom stereocenters. The first-order chi connectivity index (χ1) is 12.9. The minimum atomic E-state index is 0.244. The Morgan fingerprint density at radius 3 is 2.48 bits per heavy atom. The number of benzene rings is 2. The van der Waals surface area contributed by atoms with Gasteiger partial charge in [0.15, 0.2) is 0 Å². The van der Waals surface area contributed by atoms with Gasteiger partial charge in [-0.2, -0.15) is 4.98 Å². The van der Waals surface area contributed by atoms with E-state index in [1.165, 1.54) is 11.1 Å². The maximum atomic E-state index is 6.02. The van der Waals surface area contributed by atoms with Crippen molar-refractivity contribution in [1.29, 1.82) is 0 Å². The molecule has 7 heteroatoms. The Balaban J connectivity index is 1.66. The van der Waals surface area contributed by atoms with E-state index in [4.69, 9.17) is 28.9 Å². The molecule has 5 nitrogen and oxygen atoms in total. The minimum absolute atomic E-state index is 0.244. The van der Waals surface area contributed by atoms with Crippen molar-refractivity contribution in [3.8, 4) is 11.3 Å². The number of nitrogens with one attached hydrogen (secondary N) is 2. The standard InChI is InChI=1S/C20H21Cl2N5/c1-12-4-3-5-15(13(12)2)18-11-19(27-20(23)26-18)25-9-8-24-14-6-7-16(21)17(22)10-14/h3-7,10-11,24H,8-9H2,1-2H3,(H3,23,25,26,27). The van der Waals surface area contributed by atoms with Crippen LogP contribution in [-0.2, 0) is 0 Å². The van der Waals surface area contributed by atoms with Gasteiger partial charge in [-0.15, -0.1) is 0 Å². The van der Waals surface area contributed by atoms with Crippen LogP contribution in [0.25, 0.3) is 11.3 Å². The molecule has 3 aromatic rings. The van der Waals surface area contributed by atoms with Crippen molar-refractivity contribution in [2.45, 2.75) is 13.8 Å². The number of hydrogen-bond acceptors (Lipinski definition) is 5. The molecule has 0 spiro atoms. The fourth-order valence-electron chi connectivity index (χ4n) is 2.73. The molecule has 0 aliphatic carbocycles. The normalized spacial score (nSPS) is 10.7. The van der Waals surface area contributed by atoms with E-state index in [2.05, 4.69) is 40.5 Å². The van der Waals surface area contributed by atoms with Crippen molar-refractivity contribution in [2.24, 2.45) is 0 Å². The Morgan fingerprint density at radius 1 is 0.926 bits per heavy atom. The zero-order chi connectivity index (χ0) is 19.4. The molecule has 1 aromatic heterocycles. The molecule has 3 rings (SSSR count). The summed E-state index contributed by atoms with van der Waals surface area (Å²) in [6.07, 6.45) is 0. The second kappa shape index (κ2) is 8.46.